The number of aromatic hydroxyl groups is 1. The maximum Gasteiger partial charge on any atom is 0.252 e. The second kappa shape index (κ2) is 9.37. The highest BCUT2D eigenvalue weighted by atomic mass is 16.5. The first-order valence-corrected chi connectivity index (χ1v) is 9.07. The monoisotopic (exact) mass is 374 g/mol. The predicted molar refractivity (Wildman–Crippen MR) is 110 cm³/mol. The van der Waals surface area contributed by atoms with Gasteiger partial charge in [-0.2, -0.15) is 5.10 Å². The molecular formula is C23H22N2O3. The van der Waals surface area contributed by atoms with Gasteiger partial charge in [-0.15, -0.1) is 0 Å². The standard InChI is InChI=1S/C23H22N2O3/c1-2-28-21-15-17(13-14-20(21)26)16-24-25-23(27)22(18-9-5-3-6-10-18)19-11-7-4-8-12-19/h3-16,22,26H,2H2,1H3,(H,25,27). The van der Waals surface area contributed by atoms with Crippen molar-refractivity contribution in [2.24, 2.45) is 5.10 Å². The molecule has 0 saturated carbocycles. The van der Waals surface area contributed by atoms with E-state index in [1.54, 1.807) is 12.1 Å². The zero-order valence-electron chi connectivity index (χ0n) is 15.6. The molecular weight excluding hydrogens is 352 g/mol. The van der Waals surface area contributed by atoms with E-state index in [0.29, 0.717) is 17.9 Å². The molecule has 0 aromatic heterocycles. The fraction of sp³-hybridized carbons (Fsp3) is 0.130. The number of nitrogens with one attached hydrogen (secondary N) is 1. The van der Waals surface area contributed by atoms with E-state index in [4.69, 9.17) is 4.74 Å². The maximum absolute atomic E-state index is 12.9. The molecule has 0 fully saturated rings. The number of rotatable bonds is 7. The summed E-state index contributed by atoms with van der Waals surface area (Å²) in [7, 11) is 0. The van der Waals surface area contributed by atoms with E-state index < -0.39 is 5.92 Å². The van der Waals surface area contributed by atoms with Crippen LogP contribution in [0.3, 0.4) is 0 Å². The lowest BCUT2D eigenvalue weighted by Gasteiger charge is -2.16. The van der Waals surface area contributed by atoms with Crippen molar-refractivity contribution in [1.82, 2.24) is 5.43 Å². The average molecular weight is 374 g/mol. The van der Waals surface area contributed by atoms with Gasteiger partial charge in [-0.1, -0.05) is 60.7 Å². The fourth-order valence-corrected chi connectivity index (χ4v) is 2.90. The van der Waals surface area contributed by atoms with E-state index in [1.165, 1.54) is 12.3 Å². The van der Waals surface area contributed by atoms with Gasteiger partial charge in [0.15, 0.2) is 11.5 Å². The molecule has 28 heavy (non-hydrogen) atoms. The van der Waals surface area contributed by atoms with E-state index in [-0.39, 0.29) is 11.7 Å². The lowest BCUT2D eigenvalue weighted by molar-refractivity contribution is -0.121. The number of hydrazone groups is 1. The number of nitrogens with zero attached hydrogens (tertiary/aromatic N) is 1. The molecule has 3 rings (SSSR count). The number of carbonyl (C=O) groups is 1. The first-order chi connectivity index (χ1) is 13.7. The summed E-state index contributed by atoms with van der Waals surface area (Å²) in [6.07, 6.45) is 1.52. The molecule has 0 unspecified atom stereocenters. The zero-order valence-corrected chi connectivity index (χ0v) is 15.6. The number of hydrogen-bond acceptors (Lipinski definition) is 4. The van der Waals surface area contributed by atoms with E-state index in [0.717, 1.165) is 11.1 Å². The van der Waals surface area contributed by atoms with Crippen molar-refractivity contribution in [3.63, 3.8) is 0 Å². The minimum atomic E-state index is -0.460. The average Bonchev–Trinajstić information content (AvgIpc) is 2.72. The molecule has 0 aliphatic carbocycles. The van der Waals surface area contributed by atoms with Gasteiger partial charge in [0.2, 0.25) is 0 Å². The zero-order chi connectivity index (χ0) is 19.8. The molecule has 5 heteroatoms. The Morgan fingerprint density at radius 2 is 1.64 bits per heavy atom. The van der Waals surface area contributed by atoms with Crippen LogP contribution < -0.4 is 10.2 Å². The lowest BCUT2D eigenvalue weighted by Crippen LogP contribution is -2.26. The van der Waals surface area contributed by atoms with Crippen molar-refractivity contribution in [2.45, 2.75) is 12.8 Å². The van der Waals surface area contributed by atoms with Gasteiger partial charge in [0.05, 0.1) is 18.7 Å². The van der Waals surface area contributed by atoms with Crippen molar-refractivity contribution in [2.75, 3.05) is 6.61 Å². The Morgan fingerprint density at radius 1 is 1.04 bits per heavy atom. The Hall–Kier alpha value is -3.60. The first kappa shape index (κ1) is 19.2. The third-order valence-corrected chi connectivity index (χ3v) is 4.20. The molecule has 1 amide bonds. The van der Waals surface area contributed by atoms with Crippen LogP contribution in [0.1, 0.15) is 29.5 Å². The molecule has 3 aromatic carbocycles. The molecule has 0 radical (unpaired) electrons. The van der Waals surface area contributed by atoms with Gasteiger partial charge >= 0.3 is 0 Å². The number of hydrogen-bond donors (Lipinski definition) is 2. The Bertz CT molecular complexity index is 901. The van der Waals surface area contributed by atoms with Crippen LogP contribution >= 0.6 is 0 Å². The lowest BCUT2D eigenvalue weighted by atomic mass is 9.91. The van der Waals surface area contributed by atoms with Crippen LogP contribution in [0.15, 0.2) is 84.0 Å². The summed E-state index contributed by atoms with van der Waals surface area (Å²) in [5.41, 5.74) is 5.11. The Labute approximate surface area is 164 Å². The minimum Gasteiger partial charge on any atom is -0.504 e. The smallest absolute Gasteiger partial charge is 0.252 e. The van der Waals surface area contributed by atoms with Crippen LogP contribution in [-0.2, 0) is 4.79 Å². The normalized spacial score (nSPS) is 10.9. The summed E-state index contributed by atoms with van der Waals surface area (Å²) in [6, 6.07) is 24.1. The van der Waals surface area contributed by atoms with Gasteiger partial charge in [0, 0.05) is 0 Å². The predicted octanol–water partition coefficient (Wildman–Crippen LogP) is 4.07. The van der Waals surface area contributed by atoms with Crippen molar-refractivity contribution < 1.29 is 14.6 Å². The molecule has 0 bridgehead atoms. The maximum atomic E-state index is 12.9. The topological polar surface area (TPSA) is 70.9 Å². The molecule has 3 aromatic rings. The molecule has 0 heterocycles. The van der Waals surface area contributed by atoms with Gasteiger partial charge in [-0.25, -0.2) is 5.43 Å². The van der Waals surface area contributed by atoms with Crippen LogP contribution in [0.2, 0.25) is 0 Å². The third-order valence-electron chi connectivity index (χ3n) is 4.20. The number of carbonyl (C=O) groups excluding carboxylic acids is 1. The Kier molecular flexibility index (Phi) is 6.41. The number of phenols is 1. The van der Waals surface area contributed by atoms with Crippen molar-refractivity contribution in [3.05, 3.63) is 95.6 Å². The Balaban J connectivity index is 1.78. The number of benzene rings is 3. The van der Waals surface area contributed by atoms with E-state index in [2.05, 4.69) is 10.5 Å². The van der Waals surface area contributed by atoms with Gasteiger partial charge in [-0.05, 0) is 41.8 Å². The van der Waals surface area contributed by atoms with Crippen LogP contribution in [-0.4, -0.2) is 23.8 Å². The quantitative estimate of drug-likeness (QED) is 0.484. The summed E-state index contributed by atoms with van der Waals surface area (Å²) >= 11 is 0. The van der Waals surface area contributed by atoms with Crippen LogP contribution in [0.4, 0.5) is 0 Å². The van der Waals surface area contributed by atoms with Crippen molar-refractivity contribution in [1.29, 1.82) is 0 Å². The molecule has 0 saturated heterocycles. The Morgan fingerprint density at radius 3 is 2.21 bits per heavy atom. The molecule has 0 atom stereocenters. The second-order valence-corrected chi connectivity index (χ2v) is 6.15. The third kappa shape index (κ3) is 4.76. The molecule has 5 nitrogen and oxygen atoms in total. The van der Waals surface area contributed by atoms with Gasteiger partial charge < -0.3 is 9.84 Å². The largest absolute Gasteiger partial charge is 0.504 e. The van der Waals surface area contributed by atoms with Gasteiger partial charge in [0.25, 0.3) is 5.91 Å². The summed E-state index contributed by atoms with van der Waals surface area (Å²) in [5.74, 6) is -0.240. The first-order valence-electron chi connectivity index (χ1n) is 9.07. The second-order valence-electron chi connectivity index (χ2n) is 6.15. The molecule has 0 spiro atoms. The highest BCUT2D eigenvalue weighted by Gasteiger charge is 2.22. The number of amides is 1. The molecule has 0 aliphatic heterocycles. The number of ether oxygens (including phenoxy) is 1. The summed E-state index contributed by atoms with van der Waals surface area (Å²) in [5, 5.41) is 13.8. The molecule has 142 valence electrons. The summed E-state index contributed by atoms with van der Waals surface area (Å²) in [4.78, 5) is 12.9. The highest BCUT2D eigenvalue weighted by molar-refractivity contribution is 5.88. The van der Waals surface area contributed by atoms with Crippen molar-refractivity contribution >= 4 is 12.1 Å². The molecule has 2 N–H and O–H groups in total. The van der Waals surface area contributed by atoms with Gasteiger partial charge in [0.1, 0.15) is 0 Å². The van der Waals surface area contributed by atoms with Crippen LogP contribution in [0.25, 0.3) is 0 Å². The highest BCUT2D eigenvalue weighted by Crippen LogP contribution is 2.26. The summed E-state index contributed by atoms with van der Waals surface area (Å²) in [6.45, 7) is 2.29. The van der Waals surface area contributed by atoms with E-state index in [9.17, 15) is 9.90 Å². The minimum absolute atomic E-state index is 0.0660. The molecule has 0 aliphatic rings. The van der Waals surface area contributed by atoms with Crippen LogP contribution in [0.5, 0.6) is 11.5 Å². The van der Waals surface area contributed by atoms with E-state index in [1.807, 2.05) is 67.6 Å². The van der Waals surface area contributed by atoms with Crippen molar-refractivity contribution in [3.8, 4) is 11.5 Å². The fourth-order valence-electron chi connectivity index (χ4n) is 2.90. The SMILES string of the molecule is CCOc1cc(C=NNC(=O)C(c2ccccc2)c2ccccc2)ccc1O. The van der Waals surface area contributed by atoms with Crippen LogP contribution in [0, 0.1) is 0 Å². The summed E-state index contributed by atoms with van der Waals surface area (Å²) < 4.78 is 5.36. The van der Waals surface area contributed by atoms with E-state index >= 15 is 0 Å². The van der Waals surface area contributed by atoms with Gasteiger partial charge in [-0.3, -0.25) is 4.79 Å². The number of phenolic OH excluding ortho intramolecular Hbond substituents is 1.